The lowest BCUT2D eigenvalue weighted by Crippen LogP contribution is -2.28. The molecule has 0 atom stereocenters. The van der Waals surface area contributed by atoms with Crippen LogP contribution in [0.3, 0.4) is 0 Å². The number of aromatic amines is 1. The molecule has 1 saturated heterocycles. The van der Waals surface area contributed by atoms with Gasteiger partial charge in [0.1, 0.15) is 11.5 Å². The van der Waals surface area contributed by atoms with Crippen LogP contribution in [0.15, 0.2) is 18.2 Å². The van der Waals surface area contributed by atoms with Gasteiger partial charge in [0, 0.05) is 19.6 Å². The molecule has 0 amide bonds. The maximum atomic E-state index is 9.98. The molecule has 0 radical (unpaired) electrons. The van der Waals surface area contributed by atoms with E-state index in [0.717, 1.165) is 32.6 Å². The van der Waals surface area contributed by atoms with E-state index in [1.165, 1.54) is 0 Å². The molecule has 1 aromatic carbocycles. The zero-order chi connectivity index (χ0) is 14.7. The molecule has 0 unspecified atom stereocenters. The first-order chi connectivity index (χ1) is 10.3. The van der Waals surface area contributed by atoms with E-state index < -0.39 is 0 Å². The van der Waals surface area contributed by atoms with E-state index >= 15 is 0 Å². The number of anilines is 1. The summed E-state index contributed by atoms with van der Waals surface area (Å²) in [5, 5.41) is 20.5. The van der Waals surface area contributed by atoms with Crippen LogP contribution in [0.2, 0.25) is 0 Å². The predicted octanol–water partition coefficient (Wildman–Crippen LogP) is 0.986. The molecule has 0 spiro atoms. The van der Waals surface area contributed by atoms with Gasteiger partial charge in [0.2, 0.25) is 5.95 Å². The first-order valence-electron chi connectivity index (χ1n) is 7.03. The lowest BCUT2D eigenvalue weighted by molar-refractivity contribution is 0.412. The first-order valence-corrected chi connectivity index (χ1v) is 7.03. The second-order valence-electron chi connectivity index (χ2n) is 4.96. The summed E-state index contributed by atoms with van der Waals surface area (Å²) in [4.78, 5) is 6.63. The van der Waals surface area contributed by atoms with Gasteiger partial charge < -0.3 is 20.1 Å². The van der Waals surface area contributed by atoms with E-state index in [2.05, 4.69) is 25.4 Å². The largest absolute Gasteiger partial charge is 0.507 e. The minimum atomic E-state index is 0.149. The monoisotopic (exact) mass is 289 g/mol. The molecule has 7 nitrogen and oxygen atoms in total. The molecular weight excluding hydrogens is 270 g/mol. The summed E-state index contributed by atoms with van der Waals surface area (Å²) >= 11 is 0. The summed E-state index contributed by atoms with van der Waals surface area (Å²) in [5.74, 6) is 2.02. The van der Waals surface area contributed by atoms with Crippen molar-refractivity contribution in [2.24, 2.45) is 0 Å². The zero-order valence-corrected chi connectivity index (χ0v) is 12.0. The Hall–Kier alpha value is -2.28. The van der Waals surface area contributed by atoms with Crippen LogP contribution >= 0.6 is 0 Å². The van der Waals surface area contributed by atoms with Crippen LogP contribution in [0.1, 0.15) is 6.42 Å². The Kier molecular flexibility index (Phi) is 3.92. The van der Waals surface area contributed by atoms with Crippen molar-refractivity contribution in [3.63, 3.8) is 0 Å². The van der Waals surface area contributed by atoms with E-state index in [4.69, 9.17) is 4.74 Å². The van der Waals surface area contributed by atoms with Crippen LogP contribution in [0, 0.1) is 0 Å². The lowest BCUT2D eigenvalue weighted by atomic mass is 10.2. The van der Waals surface area contributed by atoms with Crippen molar-refractivity contribution in [1.29, 1.82) is 0 Å². The predicted molar refractivity (Wildman–Crippen MR) is 79.7 cm³/mol. The van der Waals surface area contributed by atoms with Gasteiger partial charge in [0.15, 0.2) is 5.82 Å². The number of aromatic nitrogens is 3. The minimum absolute atomic E-state index is 0.149. The molecule has 3 rings (SSSR count). The van der Waals surface area contributed by atoms with Gasteiger partial charge in [-0.25, -0.2) is 0 Å². The Morgan fingerprint density at radius 3 is 3.05 bits per heavy atom. The summed E-state index contributed by atoms with van der Waals surface area (Å²) in [5.41, 5.74) is 0.584. The van der Waals surface area contributed by atoms with Crippen molar-refractivity contribution in [1.82, 2.24) is 20.5 Å². The van der Waals surface area contributed by atoms with Gasteiger partial charge in [0.25, 0.3) is 0 Å². The first kappa shape index (κ1) is 13.7. The van der Waals surface area contributed by atoms with E-state index in [1.54, 1.807) is 25.3 Å². The van der Waals surface area contributed by atoms with E-state index in [1.807, 2.05) is 0 Å². The molecule has 1 fully saturated rings. The molecule has 112 valence electrons. The maximum Gasteiger partial charge on any atom is 0.245 e. The summed E-state index contributed by atoms with van der Waals surface area (Å²) in [6.07, 6.45) is 1.06. The molecule has 2 heterocycles. The molecule has 2 aromatic rings. The van der Waals surface area contributed by atoms with Crippen LogP contribution in [-0.4, -0.2) is 53.6 Å². The number of hydrogen-bond acceptors (Lipinski definition) is 6. The van der Waals surface area contributed by atoms with Crippen molar-refractivity contribution in [3.8, 4) is 22.9 Å². The van der Waals surface area contributed by atoms with E-state index in [9.17, 15) is 5.11 Å². The minimum Gasteiger partial charge on any atom is -0.507 e. The number of nitrogens with zero attached hydrogens (tertiary/aromatic N) is 3. The Labute approximate surface area is 123 Å². The van der Waals surface area contributed by atoms with Crippen molar-refractivity contribution in [3.05, 3.63) is 18.2 Å². The molecule has 0 saturated carbocycles. The quantitative estimate of drug-likeness (QED) is 0.781. The Morgan fingerprint density at radius 2 is 2.19 bits per heavy atom. The van der Waals surface area contributed by atoms with Crippen molar-refractivity contribution >= 4 is 5.95 Å². The van der Waals surface area contributed by atoms with Crippen molar-refractivity contribution in [2.45, 2.75) is 6.42 Å². The summed E-state index contributed by atoms with van der Waals surface area (Å²) in [7, 11) is 1.59. The fourth-order valence-corrected chi connectivity index (χ4v) is 2.39. The topological polar surface area (TPSA) is 86.3 Å². The molecular formula is C14H19N5O2. The number of nitrogens with one attached hydrogen (secondary N) is 2. The SMILES string of the molecule is COc1ccc(O)c(-c2nc(N3CCCNCC3)n[nH]2)c1. The Balaban J connectivity index is 1.87. The van der Waals surface area contributed by atoms with Crippen molar-refractivity contribution in [2.75, 3.05) is 38.2 Å². The third-order valence-corrected chi connectivity index (χ3v) is 3.56. The normalized spacial score (nSPS) is 15.8. The van der Waals surface area contributed by atoms with Crippen LogP contribution < -0.4 is 15.0 Å². The molecule has 7 heteroatoms. The Bertz CT molecular complexity index is 605. The number of methoxy groups -OCH3 is 1. The molecule has 21 heavy (non-hydrogen) atoms. The maximum absolute atomic E-state index is 9.98. The third kappa shape index (κ3) is 2.92. The number of benzene rings is 1. The van der Waals surface area contributed by atoms with Gasteiger partial charge in [-0.3, -0.25) is 5.10 Å². The number of phenols is 1. The molecule has 0 bridgehead atoms. The molecule has 1 aliphatic heterocycles. The Morgan fingerprint density at radius 1 is 1.29 bits per heavy atom. The van der Waals surface area contributed by atoms with Gasteiger partial charge in [-0.2, -0.15) is 4.98 Å². The van der Waals surface area contributed by atoms with Gasteiger partial charge >= 0.3 is 0 Å². The number of hydrogen-bond donors (Lipinski definition) is 3. The number of phenolic OH excluding ortho intramolecular Hbond substituents is 1. The number of H-pyrrole nitrogens is 1. The summed E-state index contributed by atoms with van der Waals surface area (Å²) in [6, 6.07) is 5.03. The van der Waals surface area contributed by atoms with Crippen LogP contribution in [0.4, 0.5) is 5.95 Å². The number of rotatable bonds is 3. The highest BCUT2D eigenvalue weighted by atomic mass is 16.5. The van der Waals surface area contributed by atoms with Gasteiger partial charge in [-0.15, -0.1) is 5.10 Å². The highest BCUT2D eigenvalue weighted by molar-refractivity contribution is 5.66. The average Bonchev–Trinajstić information content (AvgIpc) is 2.83. The number of ether oxygens (including phenoxy) is 1. The fraction of sp³-hybridized carbons (Fsp3) is 0.429. The van der Waals surface area contributed by atoms with Gasteiger partial charge in [0.05, 0.1) is 12.7 Å². The molecule has 1 aromatic heterocycles. The van der Waals surface area contributed by atoms with Crippen LogP contribution in [0.5, 0.6) is 11.5 Å². The third-order valence-electron chi connectivity index (χ3n) is 3.56. The highest BCUT2D eigenvalue weighted by Gasteiger charge is 2.16. The standard InChI is InChI=1S/C14H19N5O2/c1-21-10-3-4-12(20)11(9-10)13-16-14(18-17-13)19-7-2-5-15-6-8-19/h3-4,9,15,20H,2,5-8H2,1H3,(H,16,17,18). The summed E-state index contributed by atoms with van der Waals surface area (Å²) in [6.45, 7) is 3.74. The van der Waals surface area contributed by atoms with Gasteiger partial charge in [-0.1, -0.05) is 0 Å². The summed E-state index contributed by atoms with van der Waals surface area (Å²) < 4.78 is 5.18. The van der Waals surface area contributed by atoms with E-state index in [-0.39, 0.29) is 5.75 Å². The average molecular weight is 289 g/mol. The van der Waals surface area contributed by atoms with Crippen molar-refractivity contribution < 1.29 is 9.84 Å². The van der Waals surface area contributed by atoms with Crippen LogP contribution in [-0.2, 0) is 0 Å². The second kappa shape index (κ2) is 6.01. The van der Waals surface area contributed by atoms with E-state index in [0.29, 0.717) is 23.1 Å². The molecule has 1 aliphatic rings. The molecule has 3 N–H and O–H groups in total. The zero-order valence-electron chi connectivity index (χ0n) is 12.0. The lowest BCUT2D eigenvalue weighted by Gasteiger charge is -2.16. The second-order valence-corrected chi connectivity index (χ2v) is 4.96. The highest BCUT2D eigenvalue weighted by Crippen LogP contribution is 2.31. The molecule has 0 aliphatic carbocycles. The fourth-order valence-electron chi connectivity index (χ4n) is 2.39. The van der Waals surface area contributed by atoms with Crippen LogP contribution in [0.25, 0.3) is 11.4 Å². The van der Waals surface area contributed by atoms with Gasteiger partial charge in [-0.05, 0) is 31.2 Å². The smallest absolute Gasteiger partial charge is 0.245 e. The number of aromatic hydroxyl groups is 1.